The smallest absolute Gasteiger partial charge is 0.457 e. The number of rotatable bonds is 3. The molecule has 32 heavy (non-hydrogen) atoms. The predicted octanol–water partition coefficient (Wildman–Crippen LogP) is 4.04. The quantitative estimate of drug-likeness (QED) is 0.685. The first-order valence-corrected chi connectivity index (χ1v) is 12.1. The van der Waals surface area contributed by atoms with Gasteiger partial charge in [-0.1, -0.05) is 12.1 Å². The standard InChI is InChI=1S/C22H20F2N2O5S/c23-22(24)30-18-6-5-17(13-19(18)31-22)29-16-3-1-14(2-4-16)21-9-7-15(8-10-21)26-11-12-32(27,28)25-20(21)26/h1-6,13,15H,7-12H2. The second-order valence-corrected chi connectivity index (χ2v) is 10.4. The van der Waals surface area contributed by atoms with E-state index >= 15 is 0 Å². The molecule has 4 aliphatic heterocycles. The van der Waals surface area contributed by atoms with E-state index in [1.165, 1.54) is 18.2 Å². The SMILES string of the molecule is O=S1(=O)CCN2C(=N1)C1(c3ccc(Oc4ccc5c(c4)OC(F)(F)O5)cc3)CCC2CC1. The second kappa shape index (κ2) is 6.57. The van der Waals surface area contributed by atoms with Crippen molar-refractivity contribution in [3.63, 3.8) is 0 Å². The van der Waals surface area contributed by atoms with Crippen LogP contribution in [0.25, 0.3) is 0 Å². The molecular weight excluding hydrogens is 442 g/mol. The van der Waals surface area contributed by atoms with Gasteiger partial charge in [-0.3, -0.25) is 0 Å². The van der Waals surface area contributed by atoms with Gasteiger partial charge in [-0.05, 0) is 55.5 Å². The Morgan fingerprint density at radius 2 is 1.69 bits per heavy atom. The number of halogens is 2. The van der Waals surface area contributed by atoms with E-state index in [1.54, 1.807) is 12.1 Å². The van der Waals surface area contributed by atoms with Crippen molar-refractivity contribution >= 4 is 15.9 Å². The van der Waals surface area contributed by atoms with Crippen molar-refractivity contribution in [2.75, 3.05) is 12.3 Å². The first-order valence-electron chi connectivity index (χ1n) is 10.5. The van der Waals surface area contributed by atoms with E-state index in [1.807, 2.05) is 12.1 Å². The van der Waals surface area contributed by atoms with E-state index in [9.17, 15) is 17.2 Å². The summed E-state index contributed by atoms with van der Waals surface area (Å²) in [5, 5.41) is 0. The molecule has 0 spiro atoms. The fourth-order valence-electron chi connectivity index (χ4n) is 5.29. The number of benzene rings is 2. The van der Waals surface area contributed by atoms with Crippen LogP contribution in [0.3, 0.4) is 0 Å². The molecule has 0 radical (unpaired) electrons. The normalized spacial score (nSPS) is 28.8. The molecule has 0 unspecified atom stereocenters. The van der Waals surface area contributed by atoms with Crippen LogP contribution in [0, 0.1) is 0 Å². The van der Waals surface area contributed by atoms with Crippen LogP contribution in [-0.4, -0.2) is 43.8 Å². The van der Waals surface area contributed by atoms with Gasteiger partial charge in [-0.2, -0.15) is 0 Å². The van der Waals surface area contributed by atoms with Gasteiger partial charge in [0.15, 0.2) is 11.5 Å². The van der Waals surface area contributed by atoms with Crippen molar-refractivity contribution in [3.8, 4) is 23.0 Å². The maximum Gasteiger partial charge on any atom is 0.586 e. The minimum absolute atomic E-state index is 0.0440. The van der Waals surface area contributed by atoms with Crippen molar-refractivity contribution in [2.45, 2.75) is 43.4 Å². The van der Waals surface area contributed by atoms with Crippen molar-refractivity contribution < 1.29 is 31.4 Å². The summed E-state index contributed by atoms with van der Waals surface area (Å²) in [7, 11) is -3.44. The summed E-state index contributed by atoms with van der Waals surface area (Å²) in [6.07, 6.45) is 0.0700. The summed E-state index contributed by atoms with van der Waals surface area (Å²) in [6.45, 7) is 0.498. The number of amidine groups is 1. The number of fused-ring (bicyclic) bond motifs is 3. The summed E-state index contributed by atoms with van der Waals surface area (Å²) in [4.78, 5) is 2.18. The first-order chi connectivity index (χ1) is 15.2. The highest BCUT2D eigenvalue weighted by Crippen LogP contribution is 2.49. The van der Waals surface area contributed by atoms with Crippen LogP contribution >= 0.6 is 0 Å². The average Bonchev–Trinajstić information content (AvgIpc) is 3.07. The molecule has 7 rings (SSSR count). The molecule has 0 amide bonds. The Labute approximate surface area is 183 Å². The molecule has 2 bridgehead atoms. The zero-order valence-electron chi connectivity index (χ0n) is 17.0. The van der Waals surface area contributed by atoms with E-state index < -0.39 is 21.7 Å². The number of hydrogen-bond acceptors (Lipinski definition) is 6. The molecule has 0 aromatic heterocycles. The average molecular weight is 462 g/mol. The van der Waals surface area contributed by atoms with Crippen molar-refractivity contribution in [3.05, 3.63) is 48.0 Å². The number of hydrogen-bond donors (Lipinski definition) is 0. The molecule has 5 aliphatic rings. The second-order valence-electron chi connectivity index (χ2n) is 8.61. The molecule has 7 nitrogen and oxygen atoms in total. The highest BCUT2D eigenvalue weighted by atomic mass is 32.2. The lowest BCUT2D eigenvalue weighted by atomic mass is 9.63. The summed E-state index contributed by atoms with van der Waals surface area (Å²) in [5.41, 5.74) is 0.597. The Balaban J connectivity index is 1.28. The van der Waals surface area contributed by atoms with Gasteiger partial charge in [0.2, 0.25) is 0 Å². The summed E-state index contributed by atoms with van der Waals surface area (Å²) in [5.74, 6) is 1.48. The van der Waals surface area contributed by atoms with Gasteiger partial charge in [0.25, 0.3) is 10.0 Å². The van der Waals surface area contributed by atoms with Crippen molar-refractivity contribution in [1.82, 2.24) is 4.90 Å². The lowest BCUT2D eigenvalue weighted by Gasteiger charge is -2.55. The number of nitrogens with zero attached hydrogens (tertiary/aromatic N) is 2. The van der Waals surface area contributed by atoms with E-state index in [4.69, 9.17) is 4.74 Å². The molecule has 2 saturated heterocycles. The van der Waals surface area contributed by atoms with Gasteiger partial charge in [0.1, 0.15) is 17.3 Å². The Morgan fingerprint density at radius 1 is 1.00 bits per heavy atom. The van der Waals surface area contributed by atoms with Crippen LogP contribution in [0.15, 0.2) is 46.9 Å². The molecular formula is C22H20F2N2O5S. The van der Waals surface area contributed by atoms with E-state index in [-0.39, 0.29) is 17.3 Å². The Kier molecular flexibility index (Phi) is 4.06. The largest absolute Gasteiger partial charge is 0.586 e. The van der Waals surface area contributed by atoms with Crippen LogP contribution in [0.2, 0.25) is 0 Å². The van der Waals surface area contributed by atoms with E-state index in [2.05, 4.69) is 18.8 Å². The minimum atomic E-state index is -3.68. The van der Waals surface area contributed by atoms with Gasteiger partial charge >= 0.3 is 6.29 Å². The molecule has 3 fully saturated rings. The van der Waals surface area contributed by atoms with Gasteiger partial charge in [0.05, 0.1) is 11.2 Å². The highest BCUT2D eigenvalue weighted by Gasteiger charge is 2.52. The number of ether oxygens (including phenoxy) is 3. The molecule has 2 aromatic carbocycles. The van der Waals surface area contributed by atoms with Crippen molar-refractivity contribution in [1.29, 1.82) is 0 Å². The van der Waals surface area contributed by atoms with Crippen LogP contribution < -0.4 is 14.2 Å². The summed E-state index contributed by atoms with van der Waals surface area (Å²) in [6, 6.07) is 12.1. The van der Waals surface area contributed by atoms with E-state index in [0.29, 0.717) is 29.9 Å². The highest BCUT2D eigenvalue weighted by molar-refractivity contribution is 7.90. The van der Waals surface area contributed by atoms with Gasteiger partial charge < -0.3 is 19.1 Å². The lowest BCUT2D eigenvalue weighted by molar-refractivity contribution is -0.286. The van der Waals surface area contributed by atoms with Crippen LogP contribution in [0.4, 0.5) is 8.78 Å². The van der Waals surface area contributed by atoms with E-state index in [0.717, 1.165) is 31.2 Å². The Bertz CT molecular complexity index is 1220. The third-order valence-electron chi connectivity index (χ3n) is 6.78. The fourth-order valence-corrected chi connectivity index (χ4v) is 6.35. The maximum atomic E-state index is 13.2. The molecule has 4 heterocycles. The molecule has 0 atom stereocenters. The zero-order chi connectivity index (χ0) is 22.1. The zero-order valence-corrected chi connectivity index (χ0v) is 17.8. The topological polar surface area (TPSA) is 77.4 Å². The first kappa shape index (κ1) is 19.8. The third kappa shape index (κ3) is 3.11. The predicted molar refractivity (Wildman–Crippen MR) is 111 cm³/mol. The third-order valence-corrected chi connectivity index (χ3v) is 7.93. The van der Waals surface area contributed by atoms with Gasteiger partial charge in [0, 0.05) is 18.7 Å². The minimum Gasteiger partial charge on any atom is -0.457 e. The summed E-state index contributed by atoms with van der Waals surface area (Å²) < 4.78 is 69.8. The molecule has 0 N–H and O–H groups in total. The molecule has 2 aromatic rings. The van der Waals surface area contributed by atoms with Crippen LogP contribution in [0.5, 0.6) is 23.0 Å². The van der Waals surface area contributed by atoms with Gasteiger partial charge in [-0.25, -0.2) is 8.42 Å². The van der Waals surface area contributed by atoms with Crippen LogP contribution in [-0.2, 0) is 15.4 Å². The lowest BCUT2D eigenvalue weighted by Crippen LogP contribution is -2.62. The molecule has 1 saturated carbocycles. The summed E-state index contributed by atoms with van der Waals surface area (Å²) >= 11 is 0. The Morgan fingerprint density at radius 3 is 2.44 bits per heavy atom. The maximum absolute atomic E-state index is 13.2. The van der Waals surface area contributed by atoms with Gasteiger partial charge in [-0.15, -0.1) is 13.2 Å². The van der Waals surface area contributed by atoms with Crippen molar-refractivity contribution in [2.24, 2.45) is 4.40 Å². The fraction of sp³-hybridized carbons (Fsp3) is 0.409. The monoisotopic (exact) mass is 462 g/mol. The van der Waals surface area contributed by atoms with Crippen LogP contribution in [0.1, 0.15) is 31.2 Å². The Hall–Kier alpha value is -2.88. The number of alkyl halides is 2. The number of sulfonamides is 1. The molecule has 1 aliphatic carbocycles. The number of piperidine rings is 2. The molecule has 168 valence electrons. The molecule has 10 heteroatoms.